The van der Waals surface area contributed by atoms with Crippen molar-refractivity contribution in [2.75, 3.05) is 5.32 Å². The van der Waals surface area contributed by atoms with Crippen LogP contribution in [0.2, 0.25) is 5.02 Å². The molecule has 11 nitrogen and oxygen atoms in total. The normalized spacial score (nSPS) is 10.6. The van der Waals surface area contributed by atoms with Crippen LogP contribution in [-0.4, -0.2) is 25.5 Å². The van der Waals surface area contributed by atoms with Gasteiger partial charge < -0.3 is 10.1 Å². The van der Waals surface area contributed by atoms with Crippen LogP contribution in [0.4, 0.5) is 17.1 Å². The quantitative estimate of drug-likeness (QED) is 0.433. The zero-order chi connectivity index (χ0) is 22.9. The molecule has 0 atom stereocenters. The maximum atomic E-state index is 12.7. The van der Waals surface area contributed by atoms with Crippen molar-refractivity contribution in [3.05, 3.63) is 78.6 Å². The van der Waals surface area contributed by atoms with Crippen molar-refractivity contribution in [2.45, 2.75) is 13.8 Å². The molecule has 0 saturated carbocycles. The number of benzene rings is 2. The summed E-state index contributed by atoms with van der Waals surface area (Å²) in [6.45, 7) is 3.16. The Morgan fingerprint density at radius 2 is 1.84 bits per heavy atom. The average Bonchev–Trinajstić information content (AvgIpc) is 2.98. The summed E-state index contributed by atoms with van der Waals surface area (Å²) in [5.74, 6) is -0.338. The lowest BCUT2D eigenvalue weighted by molar-refractivity contribution is -0.385. The minimum absolute atomic E-state index is 0.0222. The highest BCUT2D eigenvalue weighted by molar-refractivity contribution is 6.30. The number of halogens is 1. The van der Waals surface area contributed by atoms with Gasteiger partial charge in [0.15, 0.2) is 0 Å². The molecule has 160 valence electrons. The maximum absolute atomic E-state index is 12.7. The summed E-state index contributed by atoms with van der Waals surface area (Å²) in [6.07, 6.45) is 0. The van der Waals surface area contributed by atoms with Crippen molar-refractivity contribution < 1.29 is 19.4 Å². The molecule has 31 heavy (non-hydrogen) atoms. The molecule has 0 spiro atoms. The first-order valence-electron chi connectivity index (χ1n) is 8.79. The third-order valence-corrected chi connectivity index (χ3v) is 4.55. The number of amides is 1. The predicted octanol–water partition coefficient (Wildman–Crippen LogP) is 4.55. The van der Waals surface area contributed by atoms with Crippen LogP contribution in [0, 0.1) is 34.1 Å². The number of nitro groups is 2. The van der Waals surface area contributed by atoms with Gasteiger partial charge in [-0.25, -0.2) is 0 Å². The Balaban J connectivity index is 1.97. The van der Waals surface area contributed by atoms with Crippen LogP contribution in [-0.2, 0) is 7.05 Å². The number of ether oxygens (including phenoxy) is 1. The first-order valence-corrected chi connectivity index (χ1v) is 9.17. The number of nitrogens with one attached hydrogen (secondary N) is 1. The summed E-state index contributed by atoms with van der Waals surface area (Å²) in [4.78, 5) is 34.0. The monoisotopic (exact) mass is 445 g/mol. The van der Waals surface area contributed by atoms with Crippen molar-refractivity contribution in [1.82, 2.24) is 9.78 Å². The van der Waals surface area contributed by atoms with E-state index in [0.29, 0.717) is 16.3 Å². The van der Waals surface area contributed by atoms with Crippen LogP contribution < -0.4 is 10.1 Å². The van der Waals surface area contributed by atoms with Gasteiger partial charge in [0.25, 0.3) is 11.6 Å². The van der Waals surface area contributed by atoms with Gasteiger partial charge in [0.1, 0.15) is 17.2 Å². The highest BCUT2D eigenvalue weighted by Crippen LogP contribution is 2.33. The van der Waals surface area contributed by atoms with Crippen LogP contribution in [0.3, 0.4) is 0 Å². The molecular weight excluding hydrogens is 430 g/mol. The number of carbonyl (C=O) groups is 1. The molecule has 1 amide bonds. The van der Waals surface area contributed by atoms with E-state index < -0.39 is 21.4 Å². The molecule has 0 bridgehead atoms. The molecule has 3 aromatic rings. The van der Waals surface area contributed by atoms with Crippen LogP contribution >= 0.6 is 11.6 Å². The molecule has 3 rings (SSSR count). The van der Waals surface area contributed by atoms with E-state index in [-0.39, 0.29) is 28.5 Å². The predicted molar refractivity (Wildman–Crippen MR) is 112 cm³/mol. The molecule has 1 aromatic heterocycles. The van der Waals surface area contributed by atoms with Gasteiger partial charge in [-0.3, -0.25) is 29.7 Å². The summed E-state index contributed by atoms with van der Waals surface area (Å²) < 4.78 is 6.81. The first-order chi connectivity index (χ1) is 14.6. The molecule has 0 aliphatic carbocycles. The summed E-state index contributed by atoms with van der Waals surface area (Å²) in [5, 5.41) is 29.5. The van der Waals surface area contributed by atoms with Crippen LogP contribution in [0.25, 0.3) is 0 Å². The van der Waals surface area contributed by atoms with Gasteiger partial charge in [0.2, 0.25) is 5.69 Å². The molecule has 12 heteroatoms. The molecule has 0 saturated heterocycles. The minimum Gasteiger partial charge on any atom is -0.457 e. The van der Waals surface area contributed by atoms with Crippen molar-refractivity contribution in [3.8, 4) is 11.5 Å². The third kappa shape index (κ3) is 4.61. The Kier molecular flexibility index (Phi) is 5.88. The summed E-state index contributed by atoms with van der Waals surface area (Å²) >= 11 is 5.93. The standard InChI is InChI=1S/C19H16ClN5O6/c1-10-6-12(20)4-5-16(10)31-15-8-13(7-14(9-15)24(27)28)21-19(26)18-17(25(29)30)11(2)22-23(18)3/h4-9H,1-3H3,(H,21,26). The molecule has 2 aromatic carbocycles. The Labute approximate surface area is 180 Å². The Morgan fingerprint density at radius 3 is 2.45 bits per heavy atom. The highest BCUT2D eigenvalue weighted by Gasteiger charge is 2.29. The molecule has 0 radical (unpaired) electrons. The number of rotatable bonds is 6. The number of nitrogens with zero attached hydrogens (tertiary/aromatic N) is 4. The number of anilines is 1. The van der Waals surface area contributed by atoms with Gasteiger partial charge in [-0.05, 0) is 37.6 Å². The second kappa shape index (κ2) is 8.40. The zero-order valence-corrected chi connectivity index (χ0v) is 17.3. The molecule has 1 N–H and O–H groups in total. The molecule has 1 heterocycles. The fraction of sp³-hybridized carbons (Fsp3) is 0.158. The van der Waals surface area contributed by atoms with Gasteiger partial charge in [-0.2, -0.15) is 5.10 Å². The second-order valence-electron chi connectivity index (χ2n) is 6.60. The van der Waals surface area contributed by atoms with Crippen molar-refractivity contribution in [2.24, 2.45) is 7.05 Å². The average molecular weight is 446 g/mol. The smallest absolute Gasteiger partial charge is 0.322 e. The van der Waals surface area contributed by atoms with E-state index >= 15 is 0 Å². The van der Waals surface area contributed by atoms with Crippen molar-refractivity contribution >= 4 is 34.6 Å². The number of aromatic nitrogens is 2. The lowest BCUT2D eigenvalue weighted by atomic mass is 10.2. The van der Waals surface area contributed by atoms with E-state index in [1.807, 2.05) is 0 Å². The lowest BCUT2D eigenvalue weighted by Crippen LogP contribution is -2.17. The lowest BCUT2D eigenvalue weighted by Gasteiger charge is -2.11. The van der Waals surface area contributed by atoms with Crippen molar-refractivity contribution in [3.63, 3.8) is 0 Å². The molecule has 0 fully saturated rings. The number of carbonyl (C=O) groups excluding carboxylic acids is 1. The molecule has 0 aliphatic heterocycles. The summed E-state index contributed by atoms with van der Waals surface area (Å²) in [7, 11) is 1.39. The van der Waals surface area contributed by atoms with Crippen LogP contribution in [0.1, 0.15) is 21.7 Å². The van der Waals surface area contributed by atoms with Gasteiger partial charge in [0.05, 0.1) is 21.6 Å². The third-order valence-electron chi connectivity index (χ3n) is 4.31. The summed E-state index contributed by atoms with van der Waals surface area (Å²) in [5.41, 5.74) is -0.280. The van der Waals surface area contributed by atoms with E-state index in [0.717, 1.165) is 10.7 Å². The molecule has 0 aliphatic rings. The SMILES string of the molecule is Cc1cc(Cl)ccc1Oc1cc(NC(=O)c2c([N+](=O)[O-])c(C)nn2C)cc([N+](=O)[O-])c1. The van der Waals surface area contributed by atoms with E-state index in [2.05, 4.69) is 10.4 Å². The first kappa shape index (κ1) is 21.7. The van der Waals surface area contributed by atoms with E-state index in [1.165, 1.54) is 26.1 Å². The van der Waals surface area contributed by atoms with E-state index in [1.54, 1.807) is 25.1 Å². The number of non-ortho nitro benzene ring substituents is 1. The number of hydrogen-bond acceptors (Lipinski definition) is 7. The number of hydrogen-bond donors (Lipinski definition) is 1. The molecule has 0 unspecified atom stereocenters. The maximum Gasteiger partial charge on any atom is 0.322 e. The van der Waals surface area contributed by atoms with Gasteiger partial charge in [-0.15, -0.1) is 0 Å². The van der Waals surface area contributed by atoms with Gasteiger partial charge >= 0.3 is 5.69 Å². The van der Waals surface area contributed by atoms with Gasteiger partial charge in [-0.1, -0.05) is 11.6 Å². The zero-order valence-electron chi connectivity index (χ0n) is 16.6. The highest BCUT2D eigenvalue weighted by atomic mass is 35.5. The fourth-order valence-electron chi connectivity index (χ4n) is 2.98. The van der Waals surface area contributed by atoms with E-state index in [9.17, 15) is 25.0 Å². The molecular formula is C19H16ClN5O6. The second-order valence-corrected chi connectivity index (χ2v) is 7.04. The number of nitro benzene ring substituents is 1. The van der Waals surface area contributed by atoms with Crippen LogP contribution in [0.15, 0.2) is 36.4 Å². The van der Waals surface area contributed by atoms with Crippen molar-refractivity contribution in [1.29, 1.82) is 0 Å². The Morgan fingerprint density at radius 1 is 1.13 bits per heavy atom. The topological polar surface area (TPSA) is 142 Å². The summed E-state index contributed by atoms with van der Waals surface area (Å²) in [6, 6.07) is 8.56. The van der Waals surface area contributed by atoms with Gasteiger partial charge in [0, 0.05) is 24.2 Å². The fourth-order valence-corrected chi connectivity index (χ4v) is 3.21. The Bertz CT molecular complexity index is 1220. The van der Waals surface area contributed by atoms with E-state index in [4.69, 9.17) is 16.3 Å². The minimum atomic E-state index is -0.844. The largest absolute Gasteiger partial charge is 0.457 e. The number of aryl methyl sites for hydroxylation is 3. The Hall–Kier alpha value is -3.99. The van der Waals surface area contributed by atoms with Crippen LogP contribution in [0.5, 0.6) is 11.5 Å².